The van der Waals surface area contributed by atoms with E-state index in [1.165, 1.54) is 0 Å². The summed E-state index contributed by atoms with van der Waals surface area (Å²) in [7, 11) is 6.91. The molecule has 0 saturated carbocycles. The van der Waals surface area contributed by atoms with Gasteiger partial charge >= 0.3 is 0 Å². The number of hydrogen-bond donors (Lipinski definition) is 1. The first kappa shape index (κ1) is 29.2. The van der Waals surface area contributed by atoms with Crippen molar-refractivity contribution in [2.75, 3.05) is 61.2 Å². The van der Waals surface area contributed by atoms with Gasteiger partial charge in [0.15, 0.2) is 0 Å². The van der Waals surface area contributed by atoms with Crippen molar-refractivity contribution in [1.82, 2.24) is 30.1 Å². The highest BCUT2D eigenvalue weighted by atomic mass is 16.5. The predicted molar refractivity (Wildman–Crippen MR) is 132 cm³/mol. The first-order valence-corrected chi connectivity index (χ1v) is 12.4. The summed E-state index contributed by atoms with van der Waals surface area (Å²) in [5.74, 6) is -0.0637. The lowest BCUT2D eigenvalue weighted by Gasteiger charge is -2.33. The summed E-state index contributed by atoms with van der Waals surface area (Å²) in [6.07, 6.45) is 0.932. The summed E-state index contributed by atoms with van der Waals surface area (Å²) in [6.45, 7) is 10.0. The zero-order valence-electron chi connectivity index (χ0n) is 22.5. The molecule has 200 valence electrons. The van der Waals surface area contributed by atoms with Crippen molar-refractivity contribution in [3.05, 3.63) is 11.4 Å². The molecule has 0 radical (unpaired) electrons. The van der Waals surface area contributed by atoms with Crippen molar-refractivity contribution < 1.29 is 23.8 Å². The molecule has 2 heterocycles. The molecule has 35 heavy (non-hydrogen) atoms. The number of aromatic nitrogens is 3. The first-order chi connectivity index (χ1) is 16.6. The molecule has 1 aliphatic rings. The minimum atomic E-state index is -0.438. The zero-order chi connectivity index (χ0) is 26.0. The molecule has 0 saturated heterocycles. The number of nitrogens with one attached hydrogen (secondary N) is 1. The molecular weight excluding hydrogens is 452 g/mol. The molecule has 11 nitrogen and oxygen atoms in total. The van der Waals surface area contributed by atoms with E-state index in [1.54, 1.807) is 26.2 Å². The van der Waals surface area contributed by atoms with Gasteiger partial charge in [-0.05, 0) is 34.2 Å². The van der Waals surface area contributed by atoms with Gasteiger partial charge in [-0.15, -0.1) is 5.10 Å². The minimum absolute atomic E-state index is 0.000387. The Bertz CT molecular complexity index is 809. The van der Waals surface area contributed by atoms with E-state index in [-0.39, 0.29) is 23.5 Å². The highest BCUT2D eigenvalue weighted by molar-refractivity contribution is 5.78. The molecule has 0 bridgehead atoms. The van der Waals surface area contributed by atoms with Crippen LogP contribution in [0.3, 0.4) is 0 Å². The Morgan fingerprint density at radius 3 is 2.54 bits per heavy atom. The third kappa shape index (κ3) is 8.52. The summed E-state index contributed by atoms with van der Waals surface area (Å²) in [5.41, 5.74) is 1.78. The van der Waals surface area contributed by atoms with Gasteiger partial charge < -0.3 is 24.4 Å². The van der Waals surface area contributed by atoms with E-state index < -0.39 is 6.10 Å². The van der Waals surface area contributed by atoms with Crippen LogP contribution in [-0.2, 0) is 36.8 Å². The molecule has 0 fully saturated rings. The van der Waals surface area contributed by atoms with Crippen molar-refractivity contribution in [2.45, 2.75) is 70.7 Å². The number of fused-ring (bicyclic) bond motifs is 1. The predicted octanol–water partition coefficient (Wildman–Crippen LogP) is 1.03. The van der Waals surface area contributed by atoms with Gasteiger partial charge in [0.05, 0.1) is 25.5 Å². The second-order valence-corrected chi connectivity index (χ2v) is 9.90. The van der Waals surface area contributed by atoms with Crippen LogP contribution in [0.4, 0.5) is 0 Å². The van der Waals surface area contributed by atoms with Crippen molar-refractivity contribution in [3.63, 3.8) is 0 Å². The fourth-order valence-electron chi connectivity index (χ4n) is 3.99. The van der Waals surface area contributed by atoms with E-state index in [1.807, 2.05) is 4.68 Å². The molecule has 1 N–H and O–H groups in total. The second kappa shape index (κ2) is 13.9. The maximum atomic E-state index is 12.9. The van der Waals surface area contributed by atoms with Crippen molar-refractivity contribution in [2.24, 2.45) is 0 Å². The normalized spacial score (nSPS) is 18.8. The Balaban J connectivity index is 2.03. The van der Waals surface area contributed by atoms with Crippen LogP contribution in [0, 0.1) is 0 Å². The van der Waals surface area contributed by atoms with Crippen LogP contribution in [0.1, 0.15) is 57.5 Å². The molecule has 1 aromatic rings. The Kier molecular flexibility index (Phi) is 11.5. The largest absolute Gasteiger partial charge is 0.378 e. The second-order valence-electron chi connectivity index (χ2n) is 9.90. The first-order valence-electron chi connectivity index (χ1n) is 12.4. The Morgan fingerprint density at radius 2 is 1.91 bits per heavy atom. The van der Waals surface area contributed by atoms with Gasteiger partial charge in [0.2, 0.25) is 11.8 Å². The number of hydrogen-bond acceptors (Lipinski definition) is 8. The van der Waals surface area contributed by atoms with E-state index in [4.69, 9.17) is 14.2 Å². The summed E-state index contributed by atoms with van der Waals surface area (Å²) in [5, 5.41) is 11.4. The minimum Gasteiger partial charge on any atom is -0.378 e. The standard InChI is InChI=1S/C24H44N6O5/c1-24(2,3)28(5)13-15-35-16-14-30-18-11-12-29(21(32)10-8-9-20(31)25-4)17-19(33-6)23(34-7)22(18)26-27-30/h19,23H,8-17H2,1-7H3,(H,25,31)/t19-,23+/m0/s1. The Morgan fingerprint density at radius 1 is 1.17 bits per heavy atom. The van der Waals surface area contributed by atoms with Crippen LogP contribution < -0.4 is 5.32 Å². The van der Waals surface area contributed by atoms with Crippen LogP contribution in [0.15, 0.2) is 0 Å². The van der Waals surface area contributed by atoms with Crippen LogP contribution in [0.5, 0.6) is 0 Å². The van der Waals surface area contributed by atoms with Gasteiger partial charge in [-0.3, -0.25) is 14.5 Å². The van der Waals surface area contributed by atoms with Crippen LogP contribution in [0.2, 0.25) is 0 Å². The quantitative estimate of drug-likeness (QED) is 0.427. The molecule has 2 rings (SSSR count). The lowest BCUT2D eigenvalue weighted by Crippen LogP contribution is -2.44. The van der Waals surface area contributed by atoms with Gasteiger partial charge in [0, 0.05) is 65.7 Å². The molecule has 2 amide bonds. The fraction of sp³-hybridized carbons (Fsp3) is 0.833. The number of carbonyl (C=O) groups excluding carboxylic acids is 2. The number of methoxy groups -OCH3 is 2. The van der Waals surface area contributed by atoms with E-state index in [2.05, 4.69) is 48.3 Å². The third-order valence-electron chi connectivity index (χ3n) is 6.64. The van der Waals surface area contributed by atoms with Gasteiger partial charge in [0.25, 0.3) is 0 Å². The number of rotatable bonds is 12. The molecule has 0 aliphatic carbocycles. The lowest BCUT2D eigenvalue weighted by atomic mass is 10.0. The topological polar surface area (TPSA) is 111 Å². The average Bonchev–Trinajstić information content (AvgIpc) is 3.19. The molecule has 0 spiro atoms. The van der Waals surface area contributed by atoms with Crippen molar-refractivity contribution in [1.29, 1.82) is 0 Å². The van der Waals surface area contributed by atoms with Gasteiger partial charge in [-0.2, -0.15) is 0 Å². The van der Waals surface area contributed by atoms with Gasteiger partial charge in [0.1, 0.15) is 17.9 Å². The smallest absolute Gasteiger partial charge is 0.222 e. The number of amides is 2. The number of likely N-dealkylation sites (N-methyl/N-ethyl adjacent to an activating group) is 1. The van der Waals surface area contributed by atoms with Gasteiger partial charge in [-0.1, -0.05) is 5.21 Å². The summed E-state index contributed by atoms with van der Waals surface area (Å²) >= 11 is 0. The molecule has 1 aromatic heterocycles. The lowest BCUT2D eigenvalue weighted by molar-refractivity contribution is -0.135. The summed E-state index contributed by atoms with van der Waals surface area (Å²) in [4.78, 5) is 28.5. The number of carbonyl (C=O) groups is 2. The monoisotopic (exact) mass is 496 g/mol. The van der Waals surface area contributed by atoms with Crippen molar-refractivity contribution in [3.8, 4) is 0 Å². The van der Waals surface area contributed by atoms with E-state index in [0.29, 0.717) is 58.5 Å². The summed E-state index contributed by atoms with van der Waals surface area (Å²) < 4.78 is 19.2. The molecule has 1 aliphatic heterocycles. The maximum absolute atomic E-state index is 12.9. The number of nitrogens with zero attached hydrogens (tertiary/aromatic N) is 5. The molecule has 0 aromatic carbocycles. The Labute approximate surface area is 209 Å². The molecular formula is C24H44N6O5. The highest BCUT2D eigenvalue weighted by Crippen LogP contribution is 2.28. The fourth-order valence-corrected chi connectivity index (χ4v) is 3.99. The summed E-state index contributed by atoms with van der Waals surface area (Å²) in [6, 6.07) is 0. The maximum Gasteiger partial charge on any atom is 0.222 e. The van der Waals surface area contributed by atoms with Crippen LogP contribution in [0.25, 0.3) is 0 Å². The molecule has 11 heteroatoms. The van der Waals surface area contributed by atoms with Gasteiger partial charge in [-0.25, -0.2) is 4.68 Å². The van der Waals surface area contributed by atoms with E-state index in [0.717, 1.165) is 17.9 Å². The Hall–Kier alpha value is -2.08. The van der Waals surface area contributed by atoms with E-state index in [9.17, 15) is 9.59 Å². The highest BCUT2D eigenvalue weighted by Gasteiger charge is 2.34. The van der Waals surface area contributed by atoms with Crippen LogP contribution >= 0.6 is 0 Å². The average molecular weight is 497 g/mol. The molecule has 2 atom stereocenters. The zero-order valence-corrected chi connectivity index (χ0v) is 22.5. The van der Waals surface area contributed by atoms with E-state index >= 15 is 0 Å². The van der Waals surface area contributed by atoms with Crippen molar-refractivity contribution >= 4 is 11.8 Å². The van der Waals surface area contributed by atoms with Crippen LogP contribution in [-0.4, -0.2) is 109 Å². The number of ether oxygens (including phenoxy) is 3. The SMILES string of the molecule is CNC(=O)CCCC(=O)N1CCc2c(nnn2CCOCCN(C)C(C)(C)C)[C@H](OC)[C@@H](OC)C1. The molecule has 0 unspecified atom stereocenters. The third-order valence-corrected chi connectivity index (χ3v) is 6.64.